The zero-order valence-electron chi connectivity index (χ0n) is 9.12. The highest BCUT2D eigenvalue weighted by Crippen LogP contribution is 2.35. The Labute approximate surface area is 87.2 Å². The minimum atomic E-state index is -2.78. The second-order valence-corrected chi connectivity index (χ2v) is 6.73. The van der Waals surface area contributed by atoms with Crippen LogP contribution in [0.5, 0.6) is 0 Å². The van der Waals surface area contributed by atoms with Gasteiger partial charge >= 0.3 is 0 Å². The van der Waals surface area contributed by atoms with Gasteiger partial charge in [0.25, 0.3) is 0 Å². The van der Waals surface area contributed by atoms with Crippen molar-refractivity contribution in [2.75, 3.05) is 24.6 Å². The van der Waals surface area contributed by atoms with Gasteiger partial charge in [0.2, 0.25) is 0 Å². The molecule has 1 rings (SSSR count). The molecule has 3 nitrogen and oxygen atoms in total. The Morgan fingerprint density at radius 3 is 2.57 bits per heavy atom. The van der Waals surface area contributed by atoms with Crippen molar-refractivity contribution >= 4 is 9.84 Å². The van der Waals surface area contributed by atoms with E-state index in [9.17, 15) is 8.42 Å². The molecular weight excluding hydrogens is 198 g/mol. The molecule has 14 heavy (non-hydrogen) atoms. The molecule has 0 saturated heterocycles. The lowest BCUT2D eigenvalue weighted by Crippen LogP contribution is -2.28. The number of hydrogen-bond acceptors (Lipinski definition) is 3. The first-order valence-corrected chi connectivity index (χ1v) is 7.28. The van der Waals surface area contributed by atoms with Gasteiger partial charge in [0.1, 0.15) is 0 Å². The number of rotatable bonds is 7. The molecule has 84 valence electrons. The number of hydrogen-bond donors (Lipinski definition) is 1. The van der Waals surface area contributed by atoms with Crippen LogP contribution in [0.15, 0.2) is 0 Å². The fourth-order valence-corrected chi connectivity index (χ4v) is 2.28. The molecule has 0 spiro atoms. The minimum Gasteiger partial charge on any atom is -0.315 e. The van der Waals surface area contributed by atoms with Crippen LogP contribution >= 0.6 is 0 Å². The molecule has 0 bridgehead atoms. The van der Waals surface area contributed by atoms with Gasteiger partial charge in [0.05, 0.1) is 5.75 Å². The van der Waals surface area contributed by atoms with Crippen molar-refractivity contribution in [2.45, 2.75) is 26.7 Å². The molecule has 0 aromatic heterocycles. The fraction of sp³-hybridized carbons (Fsp3) is 1.00. The van der Waals surface area contributed by atoms with Gasteiger partial charge in [-0.15, -0.1) is 0 Å². The first-order valence-electron chi connectivity index (χ1n) is 5.46. The van der Waals surface area contributed by atoms with Crippen molar-refractivity contribution in [3.63, 3.8) is 0 Å². The zero-order chi connectivity index (χ0) is 10.6. The van der Waals surface area contributed by atoms with E-state index in [-0.39, 0.29) is 11.5 Å². The van der Waals surface area contributed by atoms with Crippen molar-refractivity contribution in [1.29, 1.82) is 0 Å². The maximum Gasteiger partial charge on any atom is 0.151 e. The molecule has 0 aliphatic heterocycles. The molecule has 1 aliphatic carbocycles. The molecule has 1 saturated carbocycles. The first-order chi connectivity index (χ1) is 6.55. The molecule has 4 heteroatoms. The van der Waals surface area contributed by atoms with Crippen molar-refractivity contribution in [1.82, 2.24) is 5.32 Å². The summed E-state index contributed by atoms with van der Waals surface area (Å²) in [6, 6.07) is 0. The molecule has 1 unspecified atom stereocenters. The Hall–Kier alpha value is -0.0900. The average molecular weight is 219 g/mol. The van der Waals surface area contributed by atoms with Gasteiger partial charge in [-0.3, -0.25) is 0 Å². The standard InChI is InChI=1S/C10H21NO2S/c1-3-14(12,13)7-6-11-8-9(2)10-4-5-10/h9-11H,3-8H2,1-2H3. The van der Waals surface area contributed by atoms with Gasteiger partial charge in [-0.25, -0.2) is 8.42 Å². The quantitative estimate of drug-likeness (QED) is 0.651. The molecule has 0 radical (unpaired) electrons. The monoisotopic (exact) mass is 219 g/mol. The molecule has 1 aliphatic rings. The van der Waals surface area contributed by atoms with Crippen LogP contribution in [-0.4, -0.2) is 33.0 Å². The highest BCUT2D eigenvalue weighted by molar-refractivity contribution is 7.91. The highest BCUT2D eigenvalue weighted by atomic mass is 32.2. The fourth-order valence-electron chi connectivity index (χ4n) is 1.53. The molecule has 1 atom stereocenters. The molecule has 0 aromatic rings. The lowest BCUT2D eigenvalue weighted by molar-refractivity contribution is 0.468. The average Bonchev–Trinajstić information content (AvgIpc) is 2.95. The molecule has 1 N–H and O–H groups in total. The van der Waals surface area contributed by atoms with Gasteiger partial charge in [-0.1, -0.05) is 13.8 Å². The number of sulfone groups is 1. The minimum absolute atomic E-state index is 0.257. The van der Waals surface area contributed by atoms with Crippen molar-refractivity contribution in [2.24, 2.45) is 11.8 Å². The lowest BCUT2D eigenvalue weighted by atomic mass is 10.1. The van der Waals surface area contributed by atoms with E-state index in [4.69, 9.17) is 0 Å². The van der Waals surface area contributed by atoms with Crippen LogP contribution in [0.4, 0.5) is 0 Å². The summed E-state index contributed by atoms with van der Waals surface area (Å²) in [5.74, 6) is 2.14. The van der Waals surface area contributed by atoms with Gasteiger partial charge in [-0.2, -0.15) is 0 Å². The third kappa shape index (κ3) is 4.42. The van der Waals surface area contributed by atoms with Gasteiger partial charge in [0, 0.05) is 12.3 Å². The van der Waals surface area contributed by atoms with Gasteiger partial charge in [-0.05, 0) is 31.2 Å². The molecule has 0 aromatic carbocycles. The summed E-state index contributed by atoms with van der Waals surface area (Å²) >= 11 is 0. The summed E-state index contributed by atoms with van der Waals surface area (Å²) in [6.07, 6.45) is 2.71. The Bertz CT molecular complexity index is 257. The Morgan fingerprint density at radius 2 is 2.07 bits per heavy atom. The van der Waals surface area contributed by atoms with E-state index in [1.165, 1.54) is 12.8 Å². The van der Waals surface area contributed by atoms with Crippen LogP contribution in [0.3, 0.4) is 0 Å². The maximum atomic E-state index is 11.2. The van der Waals surface area contributed by atoms with E-state index in [1.54, 1.807) is 6.92 Å². The normalized spacial score (nSPS) is 19.6. The second-order valence-electron chi connectivity index (χ2n) is 4.26. The summed E-state index contributed by atoms with van der Waals surface area (Å²) in [5.41, 5.74) is 0. The highest BCUT2D eigenvalue weighted by Gasteiger charge is 2.27. The molecule has 0 heterocycles. The van der Waals surface area contributed by atoms with E-state index in [0.717, 1.165) is 12.5 Å². The van der Waals surface area contributed by atoms with Crippen LogP contribution in [-0.2, 0) is 9.84 Å². The summed E-state index contributed by atoms with van der Waals surface area (Å²) < 4.78 is 22.3. The van der Waals surface area contributed by atoms with Crippen LogP contribution in [0.25, 0.3) is 0 Å². The Kier molecular flexibility index (Phi) is 4.38. The predicted octanol–water partition coefficient (Wildman–Crippen LogP) is 1.06. The molecule has 1 fully saturated rings. The SMILES string of the molecule is CCS(=O)(=O)CCNCC(C)C1CC1. The van der Waals surface area contributed by atoms with E-state index in [1.807, 2.05) is 0 Å². The maximum absolute atomic E-state index is 11.2. The van der Waals surface area contributed by atoms with Crippen molar-refractivity contribution in [3.05, 3.63) is 0 Å². The summed E-state index contributed by atoms with van der Waals surface area (Å²) in [6.45, 7) is 5.50. The second kappa shape index (κ2) is 5.12. The van der Waals surface area contributed by atoms with E-state index >= 15 is 0 Å². The summed E-state index contributed by atoms with van der Waals surface area (Å²) in [7, 11) is -2.78. The third-order valence-corrected chi connectivity index (χ3v) is 4.63. The molecule has 0 amide bonds. The molecular formula is C10H21NO2S. The van der Waals surface area contributed by atoms with E-state index in [0.29, 0.717) is 12.5 Å². The Morgan fingerprint density at radius 1 is 1.43 bits per heavy atom. The zero-order valence-corrected chi connectivity index (χ0v) is 9.94. The smallest absolute Gasteiger partial charge is 0.151 e. The topological polar surface area (TPSA) is 46.2 Å². The van der Waals surface area contributed by atoms with E-state index < -0.39 is 9.84 Å². The number of nitrogens with one attached hydrogen (secondary N) is 1. The summed E-state index contributed by atoms with van der Waals surface area (Å²) in [5, 5.41) is 3.22. The largest absolute Gasteiger partial charge is 0.315 e. The lowest BCUT2D eigenvalue weighted by Gasteiger charge is -2.10. The van der Waals surface area contributed by atoms with Crippen LogP contribution < -0.4 is 5.32 Å². The van der Waals surface area contributed by atoms with Crippen LogP contribution in [0, 0.1) is 11.8 Å². The third-order valence-electron chi connectivity index (χ3n) is 2.92. The summed E-state index contributed by atoms with van der Waals surface area (Å²) in [4.78, 5) is 0. The predicted molar refractivity (Wildman–Crippen MR) is 59.1 cm³/mol. The van der Waals surface area contributed by atoms with Crippen LogP contribution in [0.1, 0.15) is 26.7 Å². The first kappa shape index (κ1) is 12.0. The van der Waals surface area contributed by atoms with Crippen molar-refractivity contribution in [3.8, 4) is 0 Å². The van der Waals surface area contributed by atoms with Crippen LogP contribution in [0.2, 0.25) is 0 Å². The van der Waals surface area contributed by atoms with E-state index in [2.05, 4.69) is 12.2 Å². The Balaban J connectivity index is 2.04. The van der Waals surface area contributed by atoms with Gasteiger partial charge < -0.3 is 5.32 Å². The van der Waals surface area contributed by atoms with Gasteiger partial charge in [0.15, 0.2) is 9.84 Å². The van der Waals surface area contributed by atoms with Crippen molar-refractivity contribution < 1.29 is 8.42 Å².